The van der Waals surface area contributed by atoms with E-state index < -0.39 is 0 Å². The van der Waals surface area contributed by atoms with Crippen LogP contribution in [-0.4, -0.2) is 6.61 Å². The highest BCUT2D eigenvalue weighted by Crippen LogP contribution is 2.27. The highest BCUT2D eigenvalue weighted by atomic mass is 16.5. The van der Waals surface area contributed by atoms with Crippen molar-refractivity contribution in [1.82, 2.24) is 0 Å². The minimum Gasteiger partial charge on any atom is -0.493 e. The molecule has 0 aliphatic rings. The largest absolute Gasteiger partial charge is 0.493 e. The maximum absolute atomic E-state index is 5.79. The quantitative estimate of drug-likeness (QED) is 0.691. The van der Waals surface area contributed by atoms with Crippen molar-refractivity contribution >= 4 is 10.8 Å². The van der Waals surface area contributed by atoms with E-state index in [0.717, 1.165) is 36.1 Å². The lowest BCUT2D eigenvalue weighted by Gasteiger charge is -2.09. The molecule has 0 amide bonds. The molecule has 0 N–H and O–H groups in total. The molecule has 0 heterocycles. The third-order valence-electron chi connectivity index (χ3n) is 2.73. The molecule has 0 bridgehead atoms. The normalized spacial score (nSPS) is 10.6. The summed E-state index contributed by atoms with van der Waals surface area (Å²) in [5, 5.41) is 2.34. The molecule has 83 valence electrons. The van der Waals surface area contributed by atoms with Crippen molar-refractivity contribution in [2.24, 2.45) is 0 Å². The number of benzene rings is 2. The van der Waals surface area contributed by atoms with E-state index in [1.165, 1.54) is 5.39 Å². The zero-order valence-electron chi connectivity index (χ0n) is 9.70. The molecule has 0 aromatic heterocycles. The highest BCUT2D eigenvalue weighted by molar-refractivity contribution is 5.91. The van der Waals surface area contributed by atoms with E-state index in [0.29, 0.717) is 0 Å². The first-order chi connectivity index (χ1) is 7.83. The van der Waals surface area contributed by atoms with Crippen LogP contribution in [0.1, 0.15) is 25.3 Å². The third kappa shape index (κ3) is 2.19. The van der Waals surface area contributed by atoms with Crippen molar-refractivity contribution in [1.29, 1.82) is 0 Å². The molecule has 2 rings (SSSR count). The van der Waals surface area contributed by atoms with Crippen molar-refractivity contribution < 1.29 is 4.74 Å². The smallest absolute Gasteiger partial charge is 0.127 e. The molecule has 0 saturated heterocycles. The summed E-state index contributed by atoms with van der Waals surface area (Å²) in [6, 6.07) is 12.3. The summed E-state index contributed by atoms with van der Waals surface area (Å²) >= 11 is 0. The Bertz CT molecular complexity index is 474. The van der Waals surface area contributed by atoms with Gasteiger partial charge in [0.15, 0.2) is 0 Å². The van der Waals surface area contributed by atoms with Crippen LogP contribution < -0.4 is 4.74 Å². The predicted molar refractivity (Wildman–Crippen MR) is 68.8 cm³/mol. The number of fused-ring (bicyclic) bond motifs is 1. The van der Waals surface area contributed by atoms with E-state index in [4.69, 9.17) is 4.74 Å². The van der Waals surface area contributed by atoms with Crippen LogP contribution in [0.3, 0.4) is 0 Å². The van der Waals surface area contributed by atoms with Crippen molar-refractivity contribution in [2.45, 2.75) is 19.8 Å². The van der Waals surface area contributed by atoms with Gasteiger partial charge in [0, 0.05) is 5.39 Å². The topological polar surface area (TPSA) is 9.23 Å². The van der Waals surface area contributed by atoms with Crippen LogP contribution in [0.25, 0.3) is 10.8 Å². The molecule has 16 heavy (non-hydrogen) atoms. The summed E-state index contributed by atoms with van der Waals surface area (Å²) in [7, 11) is 0. The Labute approximate surface area is 97.1 Å². The number of hydrogen-bond donors (Lipinski definition) is 0. The van der Waals surface area contributed by atoms with Crippen LogP contribution in [0, 0.1) is 6.92 Å². The maximum atomic E-state index is 5.79. The standard InChI is InChI=1S/C15H17O/c1-3-4-11-16-15-10-6-8-13-12(2)7-5-9-14(13)15/h5-10H,2-4,11H2,1H3. The lowest BCUT2D eigenvalue weighted by Crippen LogP contribution is -1.97. The van der Waals surface area contributed by atoms with Gasteiger partial charge in [-0.25, -0.2) is 0 Å². The van der Waals surface area contributed by atoms with Crippen LogP contribution in [0.2, 0.25) is 0 Å². The molecule has 1 heteroatoms. The van der Waals surface area contributed by atoms with Crippen molar-refractivity contribution in [3.05, 3.63) is 48.9 Å². The molecule has 2 aromatic carbocycles. The summed E-state index contributed by atoms with van der Waals surface area (Å²) < 4.78 is 5.79. The van der Waals surface area contributed by atoms with E-state index in [9.17, 15) is 0 Å². The van der Waals surface area contributed by atoms with Gasteiger partial charge in [-0.2, -0.15) is 0 Å². The van der Waals surface area contributed by atoms with Gasteiger partial charge in [-0.1, -0.05) is 43.7 Å². The monoisotopic (exact) mass is 213 g/mol. The first-order valence-corrected chi connectivity index (χ1v) is 5.79. The zero-order chi connectivity index (χ0) is 11.4. The summed E-state index contributed by atoms with van der Waals surface area (Å²) in [6.07, 6.45) is 2.26. The molecule has 0 aliphatic heterocycles. The predicted octanol–water partition coefficient (Wildman–Crippen LogP) is 4.20. The van der Waals surface area contributed by atoms with Gasteiger partial charge in [-0.3, -0.25) is 0 Å². The van der Waals surface area contributed by atoms with Gasteiger partial charge in [0.05, 0.1) is 6.61 Å². The molecule has 1 nitrogen and oxygen atoms in total. The molecule has 1 radical (unpaired) electrons. The van der Waals surface area contributed by atoms with Crippen molar-refractivity contribution in [2.75, 3.05) is 6.61 Å². The fourth-order valence-electron chi connectivity index (χ4n) is 1.80. The number of unbranched alkanes of at least 4 members (excludes halogenated alkanes) is 1. The van der Waals surface area contributed by atoms with Gasteiger partial charge in [-0.05, 0) is 30.4 Å². The Morgan fingerprint density at radius 3 is 2.62 bits per heavy atom. The summed E-state index contributed by atoms with van der Waals surface area (Å²) in [5.41, 5.74) is 1.05. The first kappa shape index (κ1) is 11.0. The number of hydrogen-bond acceptors (Lipinski definition) is 1. The molecule has 2 aromatic rings. The second kappa shape index (κ2) is 5.02. The van der Waals surface area contributed by atoms with Gasteiger partial charge >= 0.3 is 0 Å². The fourth-order valence-corrected chi connectivity index (χ4v) is 1.80. The Morgan fingerprint density at radius 1 is 1.06 bits per heavy atom. The summed E-state index contributed by atoms with van der Waals surface area (Å²) in [4.78, 5) is 0. The third-order valence-corrected chi connectivity index (χ3v) is 2.73. The average molecular weight is 213 g/mol. The van der Waals surface area contributed by atoms with Crippen LogP contribution in [0.4, 0.5) is 0 Å². The lowest BCUT2D eigenvalue weighted by atomic mass is 10.1. The average Bonchev–Trinajstić information content (AvgIpc) is 2.31. The van der Waals surface area contributed by atoms with Gasteiger partial charge < -0.3 is 4.74 Å². The van der Waals surface area contributed by atoms with Crippen LogP contribution >= 0.6 is 0 Å². The number of ether oxygens (including phenoxy) is 1. The minimum atomic E-state index is 0.789. The molecule has 0 fully saturated rings. The molecule has 0 unspecified atom stereocenters. The number of rotatable bonds is 4. The van der Waals surface area contributed by atoms with E-state index in [1.54, 1.807) is 0 Å². The molecular weight excluding hydrogens is 196 g/mol. The van der Waals surface area contributed by atoms with E-state index in [1.807, 2.05) is 24.3 Å². The van der Waals surface area contributed by atoms with Gasteiger partial charge in [0.1, 0.15) is 5.75 Å². The van der Waals surface area contributed by atoms with Gasteiger partial charge in [-0.15, -0.1) is 0 Å². The Balaban J connectivity index is 2.34. The van der Waals surface area contributed by atoms with Crippen molar-refractivity contribution in [3.63, 3.8) is 0 Å². The highest BCUT2D eigenvalue weighted by Gasteiger charge is 2.02. The molecule has 0 spiro atoms. The fraction of sp³-hybridized carbons (Fsp3) is 0.267. The molecular formula is C15H17O. The Hall–Kier alpha value is -1.50. The van der Waals surface area contributed by atoms with Gasteiger partial charge in [0.25, 0.3) is 0 Å². The van der Waals surface area contributed by atoms with E-state index in [2.05, 4.69) is 26.0 Å². The van der Waals surface area contributed by atoms with Crippen molar-refractivity contribution in [3.8, 4) is 5.75 Å². The van der Waals surface area contributed by atoms with E-state index >= 15 is 0 Å². The van der Waals surface area contributed by atoms with Crippen LogP contribution in [0.15, 0.2) is 36.4 Å². The zero-order valence-corrected chi connectivity index (χ0v) is 9.70. The van der Waals surface area contributed by atoms with Gasteiger partial charge in [0.2, 0.25) is 0 Å². The van der Waals surface area contributed by atoms with Crippen LogP contribution in [0.5, 0.6) is 5.75 Å². The maximum Gasteiger partial charge on any atom is 0.127 e. The van der Waals surface area contributed by atoms with Crippen LogP contribution in [-0.2, 0) is 0 Å². The van der Waals surface area contributed by atoms with E-state index in [-0.39, 0.29) is 0 Å². The Kier molecular flexibility index (Phi) is 3.45. The lowest BCUT2D eigenvalue weighted by molar-refractivity contribution is 0.313. The first-order valence-electron chi connectivity index (χ1n) is 5.79. The Morgan fingerprint density at radius 2 is 1.81 bits per heavy atom. The second-order valence-electron chi connectivity index (χ2n) is 3.97. The summed E-state index contributed by atoms with van der Waals surface area (Å²) in [6.45, 7) is 6.99. The minimum absolute atomic E-state index is 0.789. The summed E-state index contributed by atoms with van der Waals surface area (Å²) in [5.74, 6) is 0.969. The molecule has 0 saturated carbocycles. The second-order valence-corrected chi connectivity index (χ2v) is 3.97. The molecule has 0 atom stereocenters. The SMILES string of the molecule is [CH2]c1cccc2c(OCCCC)cccc12. The molecule has 0 aliphatic carbocycles.